The van der Waals surface area contributed by atoms with Crippen molar-refractivity contribution in [3.8, 4) is 0 Å². The fraction of sp³-hybridized carbons (Fsp3) is 0.154. The number of aryl methyl sites for hydroxylation is 1. The van der Waals surface area contributed by atoms with Crippen LogP contribution in [0.2, 0.25) is 0 Å². The number of fused-ring (bicyclic) bond motifs is 2. The second kappa shape index (κ2) is 7.99. The van der Waals surface area contributed by atoms with Crippen LogP contribution in [-0.4, -0.2) is 26.2 Å². The molecule has 0 fully saturated rings. The molecule has 0 bridgehead atoms. The van der Waals surface area contributed by atoms with Gasteiger partial charge in [0.25, 0.3) is 0 Å². The molecule has 0 aliphatic rings. The summed E-state index contributed by atoms with van der Waals surface area (Å²) < 4.78 is 10.1. The second-order valence-electron chi connectivity index (χ2n) is 7.24. The van der Waals surface area contributed by atoms with E-state index in [9.17, 15) is 9.59 Å². The van der Waals surface area contributed by atoms with Crippen molar-refractivity contribution in [2.75, 3.05) is 14.2 Å². The minimum absolute atomic E-state index is 0.381. The van der Waals surface area contributed by atoms with Crippen molar-refractivity contribution in [1.29, 1.82) is 0 Å². The normalized spacial score (nSPS) is 10.9. The predicted octanol–water partition coefficient (Wildman–Crippen LogP) is 5.47. The van der Waals surface area contributed by atoms with Crippen molar-refractivity contribution in [3.63, 3.8) is 0 Å². The van der Waals surface area contributed by atoms with E-state index in [0.29, 0.717) is 17.5 Å². The van der Waals surface area contributed by atoms with Gasteiger partial charge in [0.2, 0.25) is 0 Å². The summed E-state index contributed by atoms with van der Waals surface area (Å²) in [6.07, 6.45) is 0.401. The van der Waals surface area contributed by atoms with Gasteiger partial charge in [-0.2, -0.15) is 0 Å². The maximum absolute atomic E-state index is 12.7. The van der Waals surface area contributed by atoms with Gasteiger partial charge in [0.15, 0.2) is 0 Å². The second-order valence-corrected chi connectivity index (χ2v) is 7.24. The van der Waals surface area contributed by atoms with Gasteiger partial charge in [-0.1, -0.05) is 60.7 Å². The van der Waals surface area contributed by atoms with Crippen molar-refractivity contribution in [3.05, 3.63) is 94.5 Å². The zero-order valence-electron chi connectivity index (χ0n) is 17.2. The molecular weight excluding hydrogens is 376 g/mol. The molecule has 4 aromatic rings. The van der Waals surface area contributed by atoms with Gasteiger partial charge in [-0.15, -0.1) is 0 Å². The lowest BCUT2D eigenvalue weighted by molar-refractivity contribution is 0.0592. The minimum atomic E-state index is -0.396. The number of esters is 2. The lowest BCUT2D eigenvalue weighted by atomic mass is 9.87. The van der Waals surface area contributed by atoms with E-state index in [-0.39, 0.29) is 5.97 Å². The van der Waals surface area contributed by atoms with Gasteiger partial charge in [-0.25, -0.2) is 9.59 Å². The molecular formula is C26H22O4. The van der Waals surface area contributed by atoms with Crippen LogP contribution in [0.4, 0.5) is 0 Å². The molecule has 30 heavy (non-hydrogen) atoms. The molecule has 0 heterocycles. The predicted molar refractivity (Wildman–Crippen MR) is 118 cm³/mol. The summed E-state index contributed by atoms with van der Waals surface area (Å²) in [5, 5.41) is 3.99. The molecule has 4 heteroatoms. The van der Waals surface area contributed by atoms with Gasteiger partial charge >= 0.3 is 11.9 Å². The minimum Gasteiger partial charge on any atom is -0.465 e. The van der Waals surface area contributed by atoms with Gasteiger partial charge in [0, 0.05) is 6.42 Å². The molecule has 0 amide bonds. The smallest absolute Gasteiger partial charge is 0.338 e. The molecule has 0 saturated heterocycles. The van der Waals surface area contributed by atoms with Crippen LogP contribution in [0.15, 0.2) is 66.7 Å². The first-order chi connectivity index (χ1) is 14.5. The van der Waals surface area contributed by atoms with Crippen LogP contribution < -0.4 is 0 Å². The topological polar surface area (TPSA) is 52.6 Å². The lowest BCUT2D eigenvalue weighted by Gasteiger charge is -2.18. The van der Waals surface area contributed by atoms with Crippen LogP contribution in [0.3, 0.4) is 0 Å². The standard InChI is InChI=1S/C26H22O4/c1-16-14-18-9-5-7-11-20(18)23(24(16)26(28)30-3)15-22-19-10-6-4-8-17(19)12-13-21(22)25(27)29-2/h4-14H,15H2,1-3H3. The van der Waals surface area contributed by atoms with E-state index in [4.69, 9.17) is 9.47 Å². The third-order valence-corrected chi connectivity index (χ3v) is 5.54. The molecule has 0 aromatic heterocycles. The molecule has 0 N–H and O–H groups in total. The SMILES string of the molecule is COC(=O)c1ccc2ccccc2c1Cc1c(C(=O)OC)c(C)cc2ccccc12. The average Bonchev–Trinajstić information content (AvgIpc) is 2.78. The molecule has 4 rings (SSSR count). The Kier molecular flexibility index (Phi) is 5.23. The van der Waals surface area contributed by atoms with E-state index >= 15 is 0 Å². The Hall–Kier alpha value is -3.66. The van der Waals surface area contributed by atoms with E-state index in [2.05, 4.69) is 0 Å². The first kappa shape index (κ1) is 19.6. The summed E-state index contributed by atoms with van der Waals surface area (Å²) in [5.74, 6) is -0.777. The first-order valence-electron chi connectivity index (χ1n) is 9.73. The molecule has 0 spiro atoms. The maximum atomic E-state index is 12.7. The van der Waals surface area contributed by atoms with Gasteiger partial charge in [0.1, 0.15) is 0 Å². The zero-order valence-corrected chi connectivity index (χ0v) is 17.2. The van der Waals surface area contributed by atoms with Crippen molar-refractivity contribution >= 4 is 33.5 Å². The van der Waals surface area contributed by atoms with Crippen LogP contribution >= 0.6 is 0 Å². The number of carbonyl (C=O) groups excluding carboxylic acids is 2. The summed E-state index contributed by atoms with van der Waals surface area (Å²) in [5.41, 5.74) is 3.56. The number of rotatable bonds is 4. The number of ether oxygens (including phenoxy) is 2. The Morgan fingerprint density at radius 3 is 2.00 bits per heavy atom. The lowest BCUT2D eigenvalue weighted by Crippen LogP contribution is -2.12. The van der Waals surface area contributed by atoms with E-state index in [0.717, 1.165) is 38.2 Å². The van der Waals surface area contributed by atoms with Crippen LogP contribution in [-0.2, 0) is 15.9 Å². The highest BCUT2D eigenvalue weighted by molar-refractivity contribution is 6.03. The third kappa shape index (κ3) is 3.30. The van der Waals surface area contributed by atoms with E-state index in [1.54, 1.807) is 6.07 Å². The Morgan fingerprint density at radius 2 is 1.33 bits per heavy atom. The molecule has 0 unspecified atom stereocenters. The van der Waals surface area contributed by atoms with Crippen LogP contribution in [0, 0.1) is 6.92 Å². The maximum Gasteiger partial charge on any atom is 0.338 e. The van der Waals surface area contributed by atoms with Gasteiger partial charge in [-0.05, 0) is 51.2 Å². The zero-order chi connectivity index (χ0) is 21.3. The molecule has 4 nitrogen and oxygen atoms in total. The number of benzene rings is 4. The highest BCUT2D eigenvalue weighted by atomic mass is 16.5. The Bertz CT molecular complexity index is 1290. The van der Waals surface area contributed by atoms with Crippen LogP contribution in [0.25, 0.3) is 21.5 Å². The molecule has 0 radical (unpaired) electrons. The van der Waals surface area contributed by atoms with Crippen LogP contribution in [0.1, 0.15) is 37.4 Å². The van der Waals surface area contributed by atoms with Crippen molar-refractivity contribution < 1.29 is 19.1 Å². The van der Waals surface area contributed by atoms with E-state index in [1.165, 1.54) is 14.2 Å². The molecule has 0 aliphatic heterocycles. The molecule has 0 saturated carbocycles. The van der Waals surface area contributed by atoms with Crippen LogP contribution in [0.5, 0.6) is 0 Å². The summed E-state index contributed by atoms with van der Waals surface area (Å²) in [4.78, 5) is 25.3. The number of hydrogen-bond donors (Lipinski definition) is 0. The fourth-order valence-electron chi connectivity index (χ4n) is 4.15. The third-order valence-electron chi connectivity index (χ3n) is 5.54. The Morgan fingerprint density at radius 1 is 0.733 bits per heavy atom. The van der Waals surface area contributed by atoms with Crippen molar-refractivity contribution in [1.82, 2.24) is 0 Å². The van der Waals surface area contributed by atoms with Gasteiger partial charge in [-0.3, -0.25) is 0 Å². The van der Waals surface area contributed by atoms with Gasteiger partial charge in [0.05, 0.1) is 25.3 Å². The summed E-state index contributed by atoms with van der Waals surface area (Å²) in [6.45, 7) is 1.91. The van der Waals surface area contributed by atoms with Crippen molar-refractivity contribution in [2.45, 2.75) is 13.3 Å². The molecule has 0 atom stereocenters. The number of carbonyl (C=O) groups is 2. The Labute approximate surface area is 175 Å². The van der Waals surface area contributed by atoms with E-state index in [1.807, 2.05) is 67.6 Å². The Balaban J connectivity index is 2.05. The van der Waals surface area contributed by atoms with Gasteiger partial charge < -0.3 is 9.47 Å². The molecule has 0 aliphatic carbocycles. The number of methoxy groups -OCH3 is 2. The monoisotopic (exact) mass is 398 g/mol. The largest absolute Gasteiger partial charge is 0.465 e. The summed E-state index contributed by atoms with van der Waals surface area (Å²) >= 11 is 0. The molecule has 150 valence electrons. The quantitative estimate of drug-likeness (QED) is 0.428. The highest BCUT2D eigenvalue weighted by Gasteiger charge is 2.22. The molecule has 4 aromatic carbocycles. The first-order valence-corrected chi connectivity index (χ1v) is 9.73. The number of hydrogen-bond acceptors (Lipinski definition) is 4. The highest BCUT2D eigenvalue weighted by Crippen LogP contribution is 2.32. The average molecular weight is 398 g/mol. The fourth-order valence-corrected chi connectivity index (χ4v) is 4.15. The summed E-state index contributed by atoms with van der Waals surface area (Å²) in [7, 11) is 2.77. The van der Waals surface area contributed by atoms with E-state index < -0.39 is 5.97 Å². The van der Waals surface area contributed by atoms with Crippen molar-refractivity contribution in [2.24, 2.45) is 0 Å². The summed E-state index contributed by atoms with van der Waals surface area (Å²) in [6, 6.07) is 21.6.